The average molecular weight is 290 g/mol. The van der Waals surface area contributed by atoms with E-state index in [1.807, 2.05) is 0 Å². The minimum Gasteiger partial charge on any atom is -0.471 e. The van der Waals surface area contributed by atoms with Crippen molar-refractivity contribution in [2.45, 2.75) is 6.61 Å². The maximum absolute atomic E-state index is 13.7. The predicted molar refractivity (Wildman–Crippen MR) is 73.8 cm³/mol. The Hall–Kier alpha value is -2.76. The monoisotopic (exact) mass is 290 g/mol. The molecular formula is C15H12F2N2O2. The van der Waals surface area contributed by atoms with E-state index in [1.54, 1.807) is 6.07 Å². The van der Waals surface area contributed by atoms with E-state index >= 15 is 0 Å². The molecule has 0 aliphatic carbocycles. The van der Waals surface area contributed by atoms with Crippen LogP contribution in [0.5, 0.6) is 5.88 Å². The number of rotatable bonds is 5. The van der Waals surface area contributed by atoms with Crippen molar-refractivity contribution in [3.63, 3.8) is 0 Å². The molecule has 1 aromatic carbocycles. The molecule has 0 radical (unpaired) electrons. The number of amides is 1. The number of pyridine rings is 1. The lowest BCUT2D eigenvalue weighted by atomic mass is 10.2. The maximum Gasteiger partial charge on any atom is 0.250 e. The van der Waals surface area contributed by atoms with Gasteiger partial charge in [0.2, 0.25) is 5.91 Å². The second-order valence-corrected chi connectivity index (χ2v) is 4.12. The molecule has 4 nitrogen and oxygen atoms in total. The van der Waals surface area contributed by atoms with Crippen LogP contribution in [0.3, 0.4) is 0 Å². The van der Waals surface area contributed by atoms with Gasteiger partial charge in [-0.2, -0.15) is 0 Å². The van der Waals surface area contributed by atoms with Crippen LogP contribution in [0, 0.1) is 11.6 Å². The quantitative estimate of drug-likeness (QED) is 0.861. The SMILES string of the molecule is C=CC(=O)Nc1cnc(OCc2cccc(F)c2)c(F)c1. The van der Waals surface area contributed by atoms with Crippen molar-refractivity contribution >= 4 is 11.6 Å². The van der Waals surface area contributed by atoms with Gasteiger partial charge >= 0.3 is 0 Å². The van der Waals surface area contributed by atoms with Gasteiger partial charge in [0, 0.05) is 6.07 Å². The molecule has 2 rings (SSSR count). The second kappa shape index (κ2) is 6.60. The van der Waals surface area contributed by atoms with Crippen molar-refractivity contribution in [2.75, 3.05) is 5.32 Å². The Labute approximate surface area is 120 Å². The number of nitrogens with zero attached hydrogens (tertiary/aromatic N) is 1. The Morgan fingerprint density at radius 3 is 2.86 bits per heavy atom. The van der Waals surface area contributed by atoms with E-state index in [2.05, 4.69) is 16.9 Å². The zero-order chi connectivity index (χ0) is 15.2. The maximum atomic E-state index is 13.7. The molecule has 21 heavy (non-hydrogen) atoms. The largest absolute Gasteiger partial charge is 0.471 e. The zero-order valence-electron chi connectivity index (χ0n) is 11.0. The van der Waals surface area contributed by atoms with Gasteiger partial charge in [-0.15, -0.1) is 0 Å². The standard InChI is InChI=1S/C15H12F2N2O2/c1-2-14(20)19-12-7-13(17)15(18-8-12)21-9-10-4-3-5-11(16)6-10/h2-8H,1,9H2,(H,19,20). The molecule has 1 heterocycles. The number of hydrogen-bond acceptors (Lipinski definition) is 3. The van der Waals surface area contributed by atoms with Gasteiger partial charge in [-0.25, -0.2) is 13.8 Å². The first-order chi connectivity index (χ1) is 10.1. The first-order valence-electron chi connectivity index (χ1n) is 6.04. The van der Waals surface area contributed by atoms with Gasteiger partial charge in [-0.05, 0) is 23.8 Å². The van der Waals surface area contributed by atoms with Crippen LogP contribution in [0.25, 0.3) is 0 Å². The van der Waals surface area contributed by atoms with E-state index in [0.717, 1.165) is 12.1 Å². The number of nitrogens with one attached hydrogen (secondary N) is 1. The summed E-state index contributed by atoms with van der Waals surface area (Å²) in [5, 5.41) is 2.38. The summed E-state index contributed by atoms with van der Waals surface area (Å²) in [6, 6.07) is 6.86. The molecule has 1 N–H and O–H groups in total. The number of benzene rings is 1. The van der Waals surface area contributed by atoms with Crippen molar-refractivity contribution in [1.82, 2.24) is 4.98 Å². The van der Waals surface area contributed by atoms with Crippen LogP contribution < -0.4 is 10.1 Å². The summed E-state index contributed by atoms with van der Waals surface area (Å²) in [7, 11) is 0. The van der Waals surface area contributed by atoms with Crippen LogP contribution in [0.4, 0.5) is 14.5 Å². The van der Waals surface area contributed by atoms with Crippen LogP contribution in [0.15, 0.2) is 49.2 Å². The van der Waals surface area contributed by atoms with Crippen LogP contribution >= 0.6 is 0 Å². The number of carbonyl (C=O) groups excluding carboxylic acids is 1. The minimum atomic E-state index is -0.728. The van der Waals surface area contributed by atoms with E-state index in [1.165, 1.54) is 24.4 Å². The summed E-state index contributed by atoms with van der Waals surface area (Å²) >= 11 is 0. The van der Waals surface area contributed by atoms with Crippen LogP contribution in [-0.2, 0) is 11.4 Å². The zero-order valence-corrected chi connectivity index (χ0v) is 11.0. The number of halogens is 2. The molecule has 0 aliphatic rings. The van der Waals surface area contributed by atoms with Gasteiger partial charge < -0.3 is 10.1 Å². The molecule has 0 unspecified atom stereocenters. The third kappa shape index (κ3) is 4.10. The molecule has 0 bridgehead atoms. The molecular weight excluding hydrogens is 278 g/mol. The van der Waals surface area contributed by atoms with Crippen molar-refractivity contribution in [1.29, 1.82) is 0 Å². The van der Waals surface area contributed by atoms with Gasteiger partial charge in [-0.3, -0.25) is 4.79 Å². The summed E-state index contributed by atoms with van der Waals surface area (Å²) in [6.45, 7) is 3.27. The lowest BCUT2D eigenvalue weighted by Crippen LogP contribution is -2.08. The van der Waals surface area contributed by atoms with Crippen LogP contribution in [0.2, 0.25) is 0 Å². The molecule has 6 heteroatoms. The molecule has 0 aliphatic heterocycles. The van der Waals surface area contributed by atoms with Crippen molar-refractivity contribution < 1.29 is 18.3 Å². The van der Waals surface area contributed by atoms with E-state index in [4.69, 9.17) is 4.74 Å². The third-order valence-electron chi connectivity index (χ3n) is 2.52. The van der Waals surface area contributed by atoms with Gasteiger partial charge in [0.15, 0.2) is 5.82 Å². The Morgan fingerprint density at radius 1 is 1.38 bits per heavy atom. The fraction of sp³-hybridized carbons (Fsp3) is 0.0667. The number of hydrogen-bond donors (Lipinski definition) is 1. The first kappa shape index (κ1) is 14.6. The van der Waals surface area contributed by atoms with E-state index in [9.17, 15) is 13.6 Å². The molecule has 108 valence electrons. The lowest BCUT2D eigenvalue weighted by molar-refractivity contribution is -0.111. The summed E-state index contributed by atoms with van der Waals surface area (Å²) in [4.78, 5) is 14.8. The Kier molecular flexibility index (Phi) is 4.61. The molecule has 0 atom stereocenters. The van der Waals surface area contributed by atoms with Crippen molar-refractivity contribution in [2.24, 2.45) is 0 Å². The third-order valence-corrected chi connectivity index (χ3v) is 2.52. The van der Waals surface area contributed by atoms with Crippen LogP contribution in [-0.4, -0.2) is 10.9 Å². The second-order valence-electron chi connectivity index (χ2n) is 4.12. The molecule has 0 saturated heterocycles. The number of carbonyl (C=O) groups is 1. The topological polar surface area (TPSA) is 51.2 Å². The van der Waals surface area contributed by atoms with E-state index in [-0.39, 0.29) is 18.2 Å². The highest BCUT2D eigenvalue weighted by molar-refractivity contribution is 5.98. The molecule has 1 amide bonds. The van der Waals surface area contributed by atoms with Gasteiger partial charge in [-0.1, -0.05) is 18.7 Å². The minimum absolute atomic E-state index is 0.0138. The molecule has 2 aromatic rings. The number of aromatic nitrogens is 1. The molecule has 1 aromatic heterocycles. The fourth-order valence-corrected chi connectivity index (χ4v) is 1.57. The van der Waals surface area contributed by atoms with Crippen molar-refractivity contribution in [3.8, 4) is 5.88 Å². The number of anilines is 1. The molecule has 0 saturated carbocycles. The smallest absolute Gasteiger partial charge is 0.250 e. The summed E-state index contributed by atoms with van der Waals surface area (Å²) in [6.07, 6.45) is 2.32. The van der Waals surface area contributed by atoms with Crippen LogP contribution in [0.1, 0.15) is 5.56 Å². The highest BCUT2D eigenvalue weighted by atomic mass is 19.1. The Morgan fingerprint density at radius 2 is 2.19 bits per heavy atom. The molecule has 0 spiro atoms. The normalized spacial score (nSPS) is 10.0. The van der Waals surface area contributed by atoms with Gasteiger partial charge in [0.1, 0.15) is 12.4 Å². The predicted octanol–water partition coefficient (Wildman–Crippen LogP) is 3.06. The average Bonchev–Trinajstić information content (AvgIpc) is 2.46. The lowest BCUT2D eigenvalue weighted by Gasteiger charge is -2.08. The summed E-state index contributed by atoms with van der Waals surface area (Å²) in [5.74, 6) is -1.82. The van der Waals surface area contributed by atoms with Gasteiger partial charge in [0.05, 0.1) is 11.9 Å². The Bertz CT molecular complexity index is 674. The number of ether oxygens (including phenoxy) is 1. The Balaban J connectivity index is 2.04. The summed E-state index contributed by atoms with van der Waals surface area (Å²) in [5.41, 5.74) is 0.746. The first-order valence-corrected chi connectivity index (χ1v) is 6.04. The van der Waals surface area contributed by atoms with E-state index < -0.39 is 17.5 Å². The van der Waals surface area contributed by atoms with Crippen molar-refractivity contribution in [3.05, 3.63) is 66.4 Å². The van der Waals surface area contributed by atoms with E-state index in [0.29, 0.717) is 5.56 Å². The molecule has 0 fully saturated rings. The highest BCUT2D eigenvalue weighted by Gasteiger charge is 2.08. The summed E-state index contributed by atoms with van der Waals surface area (Å²) < 4.78 is 31.9. The fourth-order valence-electron chi connectivity index (χ4n) is 1.57. The van der Waals surface area contributed by atoms with Gasteiger partial charge in [0.25, 0.3) is 5.88 Å². The highest BCUT2D eigenvalue weighted by Crippen LogP contribution is 2.19.